The quantitative estimate of drug-likeness (QED) is 0.495. The Balaban J connectivity index is 2.05. The van der Waals surface area contributed by atoms with Gasteiger partial charge >= 0.3 is 0 Å². The molecule has 1 aliphatic rings. The van der Waals surface area contributed by atoms with Crippen molar-refractivity contribution in [3.63, 3.8) is 0 Å². The number of nitro groups is 1. The van der Waals surface area contributed by atoms with Crippen molar-refractivity contribution in [3.8, 4) is 11.8 Å². The minimum Gasteiger partial charge on any atom is -0.496 e. The number of morpholine rings is 1. The molecule has 0 aliphatic carbocycles. The molecule has 0 amide bonds. The van der Waals surface area contributed by atoms with Crippen molar-refractivity contribution in [2.24, 2.45) is 0 Å². The Kier molecular flexibility index (Phi) is 7.60. The van der Waals surface area contributed by atoms with Crippen LogP contribution in [0.25, 0.3) is 0 Å². The van der Waals surface area contributed by atoms with Crippen LogP contribution < -0.4 is 4.74 Å². The molecular weight excluding hydrogens is 324 g/mol. The fourth-order valence-electron chi connectivity index (χ4n) is 2.83. The topological polar surface area (TPSA) is 91.9 Å². The van der Waals surface area contributed by atoms with Crippen molar-refractivity contribution in [1.29, 1.82) is 5.26 Å². The lowest BCUT2D eigenvalue weighted by Crippen LogP contribution is -2.41. The second-order valence-electron chi connectivity index (χ2n) is 5.89. The summed E-state index contributed by atoms with van der Waals surface area (Å²) in [4.78, 5) is 15.1. The van der Waals surface area contributed by atoms with E-state index in [0.29, 0.717) is 25.3 Å². The van der Waals surface area contributed by atoms with Crippen LogP contribution in [0.3, 0.4) is 0 Å². The molecule has 0 N–H and O–H groups in total. The highest BCUT2D eigenvalue weighted by atomic mass is 16.6. The molecule has 1 aromatic carbocycles. The Bertz CT molecular complexity index is 611. The highest BCUT2D eigenvalue weighted by Gasteiger charge is 2.16. The number of rotatable bonds is 9. The summed E-state index contributed by atoms with van der Waals surface area (Å²) in [7, 11) is 1.55. The SMILES string of the molecule is COc1ccc([N+](=O)[O-])cc1CN(CCC#N)CCN1CCOCC1. The standard InChI is InChI=1S/C17H24N4O4/c1-24-17-4-3-16(21(22)23)13-15(17)14-20(6-2-5-18)8-7-19-9-11-25-12-10-19/h3-4,13H,2,6-12,14H2,1H3. The monoisotopic (exact) mass is 348 g/mol. The summed E-state index contributed by atoms with van der Waals surface area (Å²) < 4.78 is 10.7. The van der Waals surface area contributed by atoms with Gasteiger partial charge in [-0.3, -0.25) is 19.9 Å². The normalized spacial score (nSPS) is 15.1. The van der Waals surface area contributed by atoms with Gasteiger partial charge in [0.25, 0.3) is 5.69 Å². The zero-order chi connectivity index (χ0) is 18.1. The molecule has 1 saturated heterocycles. The first kappa shape index (κ1) is 19.1. The maximum atomic E-state index is 11.0. The van der Waals surface area contributed by atoms with Crippen LogP contribution in [0.5, 0.6) is 5.75 Å². The van der Waals surface area contributed by atoms with Crippen molar-refractivity contribution in [3.05, 3.63) is 33.9 Å². The minimum absolute atomic E-state index is 0.0456. The van der Waals surface area contributed by atoms with E-state index in [9.17, 15) is 10.1 Å². The average molecular weight is 348 g/mol. The molecule has 0 unspecified atom stereocenters. The molecular formula is C17H24N4O4. The van der Waals surface area contributed by atoms with E-state index in [1.54, 1.807) is 19.2 Å². The van der Waals surface area contributed by atoms with E-state index in [-0.39, 0.29) is 5.69 Å². The van der Waals surface area contributed by atoms with Gasteiger partial charge in [-0.15, -0.1) is 0 Å². The zero-order valence-corrected chi connectivity index (χ0v) is 14.5. The Morgan fingerprint density at radius 1 is 1.40 bits per heavy atom. The Morgan fingerprint density at radius 2 is 2.16 bits per heavy atom. The molecule has 1 fully saturated rings. The molecule has 1 aromatic rings. The predicted molar refractivity (Wildman–Crippen MR) is 92.4 cm³/mol. The number of hydrogen-bond donors (Lipinski definition) is 0. The van der Waals surface area contributed by atoms with Crippen LogP contribution >= 0.6 is 0 Å². The van der Waals surface area contributed by atoms with Crippen molar-refractivity contribution < 1.29 is 14.4 Å². The van der Waals surface area contributed by atoms with Gasteiger partial charge in [-0.05, 0) is 6.07 Å². The highest BCUT2D eigenvalue weighted by Crippen LogP contribution is 2.25. The maximum absolute atomic E-state index is 11.0. The van der Waals surface area contributed by atoms with Gasteiger partial charge in [0.1, 0.15) is 5.75 Å². The van der Waals surface area contributed by atoms with Crippen LogP contribution in [0, 0.1) is 21.4 Å². The van der Waals surface area contributed by atoms with Gasteiger partial charge < -0.3 is 9.47 Å². The lowest BCUT2D eigenvalue weighted by atomic mass is 10.1. The Morgan fingerprint density at radius 3 is 2.80 bits per heavy atom. The number of ether oxygens (including phenoxy) is 2. The van der Waals surface area contributed by atoms with Gasteiger partial charge in [-0.2, -0.15) is 5.26 Å². The van der Waals surface area contributed by atoms with E-state index in [0.717, 1.165) is 45.0 Å². The fourth-order valence-corrected chi connectivity index (χ4v) is 2.83. The molecule has 0 spiro atoms. The lowest BCUT2D eigenvalue weighted by Gasteiger charge is -2.30. The second-order valence-corrected chi connectivity index (χ2v) is 5.89. The summed E-state index contributed by atoms with van der Waals surface area (Å²) in [6.45, 7) is 6.11. The summed E-state index contributed by atoms with van der Waals surface area (Å²) in [6, 6.07) is 6.78. The summed E-state index contributed by atoms with van der Waals surface area (Å²) in [5.74, 6) is 0.624. The number of nitro benzene ring substituents is 1. The number of hydrogen-bond acceptors (Lipinski definition) is 7. The molecule has 0 atom stereocenters. The number of non-ortho nitro benzene ring substituents is 1. The van der Waals surface area contributed by atoms with E-state index >= 15 is 0 Å². The van der Waals surface area contributed by atoms with Crippen LogP contribution in [-0.2, 0) is 11.3 Å². The zero-order valence-electron chi connectivity index (χ0n) is 14.5. The van der Waals surface area contributed by atoms with Crippen LogP contribution in [0.2, 0.25) is 0 Å². The second kappa shape index (κ2) is 9.93. The molecule has 0 radical (unpaired) electrons. The highest BCUT2D eigenvalue weighted by molar-refractivity contribution is 5.43. The summed E-state index contributed by atoms with van der Waals surface area (Å²) in [5.41, 5.74) is 0.806. The molecule has 25 heavy (non-hydrogen) atoms. The third-order valence-corrected chi connectivity index (χ3v) is 4.24. The molecule has 2 rings (SSSR count). The predicted octanol–water partition coefficient (Wildman–Crippen LogP) is 1.65. The first-order valence-corrected chi connectivity index (χ1v) is 8.34. The Labute approximate surface area is 147 Å². The summed E-state index contributed by atoms with van der Waals surface area (Å²) in [6.07, 6.45) is 0.417. The van der Waals surface area contributed by atoms with E-state index < -0.39 is 4.92 Å². The van der Waals surface area contributed by atoms with Crippen LogP contribution in [-0.4, -0.2) is 67.8 Å². The van der Waals surface area contributed by atoms with Crippen molar-refractivity contribution >= 4 is 5.69 Å². The van der Waals surface area contributed by atoms with Crippen molar-refractivity contribution in [2.75, 3.05) is 53.0 Å². The van der Waals surface area contributed by atoms with Crippen LogP contribution in [0.4, 0.5) is 5.69 Å². The Hall–Kier alpha value is -2.21. The maximum Gasteiger partial charge on any atom is 0.270 e. The largest absolute Gasteiger partial charge is 0.496 e. The minimum atomic E-state index is -0.406. The van der Waals surface area contributed by atoms with Gasteiger partial charge in [-0.1, -0.05) is 0 Å². The van der Waals surface area contributed by atoms with Gasteiger partial charge in [0.2, 0.25) is 0 Å². The molecule has 1 aliphatic heterocycles. The number of nitrogens with zero attached hydrogens (tertiary/aromatic N) is 4. The van der Waals surface area contributed by atoms with Gasteiger partial charge in [0, 0.05) is 63.4 Å². The molecule has 0 saturated carbocycles. The smallest absolute Gasteiger partial charge is 0.270 e. The van der Waals surface area contributed by atoms with Crippen molar-refractivity contribution in [2.45, 2.75) is 13.0 Å². The molecule has 1 heterocycles. The van der Waals surface area contributed by atoms with Gasteiger partial charge in [0.15, 0.2) is 0 Å². The molecule has 136 valence electrons. The molecule has 8 heteroatoms. The van der Waals surface area contributed by atoms with Gasteiger partial charge in [-0.25, -0.2) is 0 Å². The lowest BCUT2D eigenvalue weighted by molar-refractivity contribution is -0.385. The van der Waals surface area contributed by atoms with E-state index in [4.69, 9.17) is 14.7 Å². The molecule has 8 nitrogen and oxygen atoms in total. The third kappa shape index (κ3) is 5.98. The first-order valence-electron chi connectivity index (χ1n) is 8.34. The molecule has 0 bridgehead atoms. The fraction of sp³-hybridized carbons (Fsp3) is 0.588. The van der Waals surface area contributed by atoms with E-state index in [2.05, 4.69) is 15.9 Å². The van der Waals surface area contributed by atoms with E-state index in [1.807, 2.05) is 0 Å². The molecule has 0 aromatic heterocycles. The van der Waals surface area contributed by atoms with Gasteiger partial charge in [0.05, 0.1) is 31.3 Å². The number of nitriles is 1. The summed E-state index contributed by atoms with van der Waals surface area (Å²) in [5, 5.41) is 19.9. The van der Waals surface area contributed by atoms with E-state index in [1.165, 1.54) is 6.07 Å². The van der Waals surface area contributed by atoms with Crippen LogP contribution in [0.15, 0.2) is 18.2 Å². The van der Waals surface area contributed by atoms with Crippen LogP contribution in [0.1, 0.15) is 12.0 Å². The first-order chi connectivity index (χ1) is 12.1. The number of methoxy groups -OCH3 is 1. The third-order valence-electron chi connectivity index (χ3n) is 4.24. The number of benzene rings is 1. The van der Waals surface area contributed by atoms with Crippen molar-refractivity contribution in [1.82, 2.24) is 9.80 Å². The summed E-state index contributed by atoms with van der Waals surface area (Å²) >= 11 is 0. The average Bonchev–Trinajstić information content (AvgIpc) is 2.64.